The SMILES string of the molecule is Clc1c(Cl)c(Cl)c2c(c1Cl)[O][Sb]13([O]2)[c]2c4cccc2N(c2ccccc2)c2cccc([c]21)N(c1ccccc1)c1cccc([c]13)N4c1ccccc1. The minimum atomic E-state index is -5.95. The summed E-state index contributed by atoms with van der Waals surface area (Å²) in [5.41, 5.74) is 8.67. The molecule has 4 heterocycles. The average Bonchev–Trinajstić information content (AvgIpc) is 3.54. The first-order chi connectivity index (χ1) is 25.4. The summed E-state index contributed by atoms with van der Waals surface area (Å²) in [5, 5.41) is 0.576. The third-order valence-electron chi connectivity index (χ3n) is 10.4. The quantitative estimate of drug-likeness (QED) is 0.100. The third kappa shape index (κ3) is 3.64. The first-order valence-corrected chi connectivity index (χ1v) is 24.1. The molecule has 0 radical (unpaired) electrons. The summed E-state index contributed by atoms with van der Waals surface area (Å²) in [7, 11) is 0. The second-order valence-corrected chi connectivity index (χ2v) is 24.9. The van der Waals surface area contributed by atoms with Crippen LogP contribution in [0.3, 0.4) is 0 Å². The van der Waals surface area contributed by atoms with Crippen molar-refractivity contribution in [1.29, 1.82) is 0 Å². The summed E-state index contributed by atoms with van der Waals surface area (Å²) in [5.74, 6) is 0.610. The Balaban J connectivity index is 1.40. The molecule has 11 rings (SSSR count). The minimum absolute atomic E-state index is 0.121. The maximum atomic E-state index is 7.85. The predicted molar refractivity (Wildman–Crippen MR) is 216 cm³/mol. The molecule has 7 aromatic rings. The Morgan fingerprint density at radius 1 is 0.327 bits per heavy atom. The standard InChI is InChI=1S/C36H24N3.C6H2Cl4O2.Sb/c1-4-13-28(14-5-1)37-31-19-10-21-33(25-31)38(29-15-6-2-7-16-29)35-23-12-24-36(27-35)39(30-17-8-3-9-18-30)34-22-11-20-32(37)26-34;7-1-2(8)4(10)6(12)5(11)3(1)9;/h1-24H;11-12H;/q;;+2/p-2. The van der Waals surface area contributed by atoms with Crippen LogP contribution in [0.15, 0.2) is 146 Å². The van der Waals surface area contributed by atoms with Crippen molar-refractivity contribution in [2.45, 2.75) is 0 Å². The zero-order valence-corrected chi connectivity index (χ0v) is 32.6. The molecule has 0 bridgehead atoms. The van der Waals surface area contributed by atoms with Crippen molar-refractivity contribution in [3.63, 3.8) is 0 Å². The van der Waals surface area contributed by atoms with Crippen LogP contribution in [0.4, 0.5) is 51.2 Å². The van der Waals surface area contributed by atoms with Gasteiger partial charge in [0.05, 0.1) is 0 Å². The molecule has 0 N–H and O–H groups in total. The normalized spacial score (nSPS) is 16.7. The van der Waals surface area contributed by atoms with Gasteiger partial charge in [-0.1, -0.05) is 0 Å². The van der Waals surface area contributed by atoms with E-state index >= 15 is 0 Å². The molecule has 0 saturated carbocycles. The predicted octanol–water partition coefficient (Wildman–Crippen LogP) is 11.5. The summed E-state index contributed by atoms with van der Waals surface area (Å²) in [4.78, 5) is 6.97. The number of benzene rings is 7. The van der Waals surface area contributed by atoms with E-state index < -0.39 is 18.2 Å². The van der Waals surface area contributed by atoms with Crippen LogP contribution < -0.4 is 31.3 Å². The van der Waals surface area contributed by atoms with Crippen molar-refractivity contribution >= 4 is 126 Å². The zero-order valence-electron chi connectivity index (χ0n) is 27.0. The first-order valence-electron chi connectivity index (χ1n) is 16.7. The Labute approximate surface area is 321 Å². The third-order valence-corrected chi connectivity index (χ3v) is 26.1. The number of nitrogens with zero attached hydrogens (tertiary/aromatic N) is 3. The summed E-state index contributed by atoms with van der Waals surface area (Å²) in [6.45, 7) is 0. The number of hydrogen-bond donors (Lipinski definition) is 0. The molecule has 5 nitrogen and oxygen atoms in total. The second kappa shape index (κ2) is 10.8. The van der Waals surface area contributed by atoms with Crippen LogP contribution in [0.1, 0.15) is 0 Å². The molecule has 4 aliphatic rings. The van der Waals surface area contributed by atoms with Gasteiger partial charge in [0.2, 0.25) is 0 Å². The molecule has 4 aliphatic heterocycles. The van der Waals surface area contributed by atoms with Gasteiger partial charge in [-0.3, -0.25) is 0 Å². The fraction of sp³-hybridized carbons (Fsp3) is 0. The molecular weight excluding hydrogens is 842 g/mol. The van der Waals surface area contributed by atoms with Gasteiger partial charge in [-0.25, -0.2) is 0 Å². The molecule has 0 saturated heterocycles. The maximum absolute atomic E-state index is 7.85. The molecule has 0 atom stereocenters. The van der Waals surface area contributed by atoms with E-state index in [0.717, 1.165) is 61.7 Å². The second-order valence-electron chi connectivity index (χ2n) is 13.0. The van der Waals surface area contributed by atoms with E-state index in [4.69, 9.17) is 52.4 Å². The van der Waals surface area contributed by atoms with E-state index in [1.807, 2.05) is 18.2 Å². The monoisotopic (exact) mass is 863 g/mol. The van der Waals surface area contributed by atoms with Gasteiger partial charge in [-0.2, -0.15) is 0 Å². The molecule has 1 spiro atoms. The molecule has 10 heteroatoms. The van der Waals surface area contributed by atoms with Gasteiger partial charge >= 0.3 is 324 Å². The van der Waals surface area contributed by atoms with E-state index in [-0.39, 0.29) is 20.1 Å². The Kier molecular flexibility index (Phi) is 6.45. The van der Waals surface area contributed by atoms with E-state index in [2.05, 4.69) is 142 Å². The van der Waals surface area contributed by atoms with Crippen LogP contribution in [0.5, 0.6) is 11.5 Å². The first kappa shape index (κ1) is 31.1. The van der Waals surface area contributed by atoms with Crippen molar-refractivity contribution in [2.75, 3.05) is 14.7 Å². The fourth-order valence-corrected chi connectivity index (χ4v) is 26.5. The van der Waals surface area contributed by atoms with Crippen molar-refractivity contribution < 1.29 is 6.03 Å². The Morgan fingerprint density at radius 2 is 0.596 bits per heavy atom. The molecule has 0 unspecified atom stereocenters. The molecule has 7 aromatic carbocycles. The summed E-state index contributed by atoms with van der Waals surface area (Å²) in [6.07, 6.45) is 0. The van der Waals surface area contributed by atoms with Gasteiger partial charge < -0.3 is 0 Å². The molecule has 252 valence electrons. The molecule has 0 aliphatic carbocycles. The Bertz CT molecular complexity index is 2340. The summed E-state index contributed by atoms with van der Waals surface area (Å²) < 4.78 is 18.6. The number of rotatable bonds is 3. The van der Waals surface area contributed by atoms with E-state index in [1.54, 1.807) is 0 Å². The zero-order chi connectivity index (χ0) is 35.0. The molecule has 0 aromatic heterocycles. The molecular formula is C42H24Cl4N3O2Sb. The van der Waals surface area contributed by atoms with Crippen molar-refractivity contribution in [3.8, 4) is 11.5 Å². The van der Waals surface area contributed by atoms with Crippen LogP contribution in [-0.4, -0.2) is 18.2 Å². The average molecular weight is 866 g/mol. The van der Waals surface area contributed by atoms with Crippen molar-refractivity contribution in [2.24, 2.45) is 0 Å². The fourth-order valence-electron chi connectivity index (χ4n) is 8.58. The van der Waals surface area contributed by atoms with Crippen LogP contribution in [0, 0.1) is 0 Å². The number of anilines is 9. The van der Waals surface area contributed by atoms with Gasteiger partial charge in [-0.15, -0.1) is 0 Å². The van der Waals surface area contributed by atoms with Crippen LogP contribution in [0.2, 0.25) is 20.1 Å². The number of para-hydroxylation sites is 3. The van der Waals surface area contributed by atoms with E-state index in [9.17, 15) is 0 Å². The number of halogens is 4. The van der Waals surface area contributed by atoms with Gasteiger partial charge in [0, 0.05) is 0 Å². The summed E-state index contributed by atoms with van der Waals surface area (Å²) in [6, 6.07) is 50.5. The van der Waals surface area contributed by atoms with Crippen molar-refractivity contribution in [3.05, 3.63) is 166 Å². The van der Waals surface area contributed by atoms with Gasteiger partial charge in [-0.05, 0) is 0 Å². The topological polar surface area (TPSA) is 28.2 Å². The molecule has 0 fully saturated rings. The summed E-state index contributed by atoms with van der Waals surface area (Å²) >= 11 is 21.9. The van der Waals surface area contributed by atoms with Gasteiger partial charge in [0.15, 0.2) is 0 Å². The van der Waals surface area contributed by atoms with E-state index in [1.165, 1.54) is 0 Å². The molecule has 0 amide bonds. The molecule has 52 heavy (non-hydrogen) atoms. The van der Waals surface area contributed by atoms with E-state index in [0.29, 0.717) is 11.5 Å². The van der Waals surface area contributed by atoms with Gasteiger partial charge in [0.1, 0.15) is 0 Å². The van der Waals surface area contributed by atoms with Crippen LogP contribution in [-0.2, 0) is 0 Å². The van der Waals surface area contributed by atoms with Crippen LogP contribution in [0.25, 0.3) is 0 Å². The Morgan fingerprint density at radius 3 is 0.865 bits per heavy atom. The van der Waals surface area contributed by atoms with Crippen molar-refractivity contribution in [1.82, 2.24) is 0 Å². The number of fused-ring (bicyclic) bond motifs is 1. The van der Waals surface area contributed by atoms with Crippen LogP contribution >= 0.6 is 46.4 Å². The van der Waals surface area contributed by atoms with Gasteiger partial charge in [0.25, 0.3) is 0 Å². The Hall–Kier alpha value is -4.48. The number of hydrogen-bond acceptors (Lipinski definition) is 5.